The van der Waals surface area contributed by atoms with Gasteiger partial charge in [-0.3, -0.25) is 0 Å². The summed E-state index contributed by atoms with van der Waals surface area (Å²) in [5.41, 5.74) is -0.304. The van der Waals surface area contributed by atoms with Crippen LogP contribution in [0, 0.1) is 0 Å². The third kappa shape index (κ3) is 2.71. The van der Waals surface area contributed by atoms with Crippen LogP contribution < -0.4 is 5.32 Å². The van der Waals surface area contributed by atoms with Crippen molar-refractivity contribution in [3.63, 3.8) is 0 Å². The van der Waals surface area contributed by atoms with Gasteiger partial charge in [-0.15, -0.1) is 0 Å². The van der Waals surface area contributed by atoms with E-state index >= 15 is 0 Å². The highest BCUT2D eigenvalue weighted by atomic mass is 16.5. The Morgan fingerprint density at radius 1 is 1.59 bits per heavy atom. The lowest BCUT2D eigenvalue weighted by Gasteiger charge is -2.23. The van der Waals surface area contributed by atoms with E-state index in [9.17, 15) is 4.79 Å². The van der Waals surface area contributed by atoms with Gasteiger partial charge in [-0.25, -0.2) is 14.8 Å². The lowest BCUT2D eigenvalue weighted by molar-refractivity contribution is 0.0314. The van der Waals surface area contributed by atoms with Crippen LogP contribution in [0.15, 0.2) is 12.4 Å². The molecule has 1 saturated heterocycles. The van der Waals surface area contributed by atoms with Gasteiger partial charge in [-0.05, 0) is 19.8 Å². The molecule has 0 radical (unpaired) electrons. The molecule has 0 aliphatic carbocycles. The Morgan fingerprint density at radius 3 is 3.00 bits per heavy atom. The van der Waals surface area contributed by atoms with Crippen molar-refractivity contribution in [1.29, 1.82) is 0 Å². The van der Waals surface area contributed by atoms with Gasteiger partial charge >= 0.3 is 5.97 Å². The largest absolute Gasteiger partial charge is 0.476 e. The number of aromatic nitrogens is 2. The van der Waals surface area contributed by atoms with Crippen molar-refractivity contribution in [3.05, 3.63) is 18.1 Å². The average molecular weight is 237 g/mol. The standard InChI is InChI=1S/C11H15N3O3/c1-11(3-2-6-17-11)7-14-9-8(10(15)16)12-4-5-13-9/h4-5H,2-3,6-7H2,1H3,(H,13,14)(H,15,16). The second-order valence-electron chi connectivity index (χ2n) is 4.31. The normalized spacial score (nSPS) is 23.6. The number of nitrogens with zero attached hydrogens (tertiary/aromatic N) is 2. The number of rotatable bonds is 4. The molecule has 6 nitrogen and oxygen atoms in total. The summed E-state index contributed by atoms with van der Waals surface area (Å²) in [5, 5.41) is 11.9. The Balaban J connectivity index is 2.06. The Kier molecular flexibility index (Phi) is 3.23. The summed E-state index contributed by atoms with van der Waals surface area (Å²) < 4.78 is 5.60. The van der Waals surface area contributed by atoms with E-state index in [0.717, 1.165) is 19.4 Å². The van der Waals surface area contributed by atoms with E-state index in [1.165, 1.54) is 12.4 Å². The molecule has 6 heteroatoms. The summed E-state index contributed by atoms with van der Waals surface area (Å²) in [4.78, 5) is 18.7. The second-order valence-corrected chi connectivity index (χ2v) is 4.31. The van der Waals surface area contributed by atoms with Gasteiger partial charge in [0.15, 0.2) is 11.5 Å². The first kappa shape index (κ1) is 11.8. The van der Waals surface area contributed by atoms with Gasteiger partial charge in [0, 0.05) is 25.5 Å². The maximum absolute atomic E-state index is 10.9. The van der Waals surface area contributed by atoms with Crippen molar-refractivity contribution < 1.29 is 14.6 Å². The Hall–Kier alpha value is -1.69. The zero-order chi connectivity index (χ0) is 12.3. The molecular weight excluding hydrogens is 222 g/mol. The van der Waals surface area contributed by atoms with E-state index in [1.54, 1.807) is 0 Å². The predicted molar refractivity (Wildman–Crippen MR) is 61.1 cm³/mol. The van der Waals surface area contributed by atoms with E-state index in [-0.39, 0.29) is 17.1 Å². The lowest BCUT2D eigenvalue weighted by Crippen LogP contribution is -2.33. The van der Waals surface area contributed by atoms with Crippen LogP contribution in [0.3, 0.4) is 0 Å². The van der Waals surface area contributed by atoms with Crippen LogP contribution in [0.1, 0.15) is 30.3 Å². The van der Waals surface area contributed by atoms with Gasteiger partial charge in [0.2, 0.25) is 0 Å². The second kappa shape index (κ2) is 4.67. The van der Waals surface area contributed by atoms with E-state index in [1.807, 2.05) is 6.92 Å². The van der Waals surface area contributed by atoms with E-state index in [2.05, 4.69) is 15.3 Å². The molecule has 2 heterocycles. The highest BCUT2D eigenvalue weighted by Crippen LogP contribution is 2.25. The smallest absolute Gasteiger partial charge is 0.358 e. The molecule has 1 aliphatic heterocycles. The average Bonchev–Trinajstić information content (AvgIpc) is 2.74. The summed E-state index contributed by atoms with van der Waals surface area (Å²) in [6.45, 7) is 3.29. The molecule has 0 spiro atoms. The van der Waals surface area contributed by atoms with Gasteiger partial charge in [-0.1, -0.05) is 0 Å². The van der Waals surface area contributed by atoms with Crippen molar-refractivity contribution in [1.82, 2.24) is 9.97 Å². The van der Waals surface area contributed by atoms with Crippen LogP contribution >= 0.6 is 0 Å². The molecule has 0 amide bonds. The van der Waals surface area contributed by atoms with Crippen LogP contribution in [0.2, 0.25) is 0 Å². The Bertz CT molecular complexity index is 416. The van der Waals surface area contributed by atoms with Crippen molar-refractivity contribution in [2.75, 3.05) is 18.5 Å². The first-order chi connectivity index (χ1) is 8.11. The predicted octanol–water partition coefficient (Wildman–Crippen LogP) is 1.16. The molecular formula is C11H15N3O3. The molecule has 1 aromatic rings. The number of carboxylic acids is 1. The van der Waals surface area contributed by atoms with Crippen LogP contribution in [0.25, 0.3) is 0 Å². The fourth-order valence-corrected chi connectivity index (χ4v) is 1.87. The number of aromatic carboxylic acids is 1. The summed E-state index contributed by atoms with van der Waals surface area (Å²) in [6, 6.07) is 0. The molecule has 1 aliphatic rings. The molecule has 0 saturated carbocycles. The van der Waals surface area contributed by atoms with Crippen molar-refractivity contribution in [2.24, 2.45) is 0 Å². The molecule has 17 heavy (non-hydrogen) atoms. The highest BCUT2D eigenvalue weighted by molar-refractivity contribution is 5.90. The van der Waals surface area contributed by atoms with Crippen molar-refractivity contribution in [3.8, 4) is 0 Å². The third-order valence-corrected chi connectivity index (χ3v) is 2.83. The van der Waals surface area contributed by atoms with Gasteiger partial charge < -0.3 is 15.2 Å². The zero-order valence-electron chi connectivity index (χ0n) is 9.64. The third-order valence-electron chi connectivity index (χ3n) is 2.83. The minimum absolute atomic E-state index is 0.0610. The first-order valence-electron chi connectivity index (χ1n) is 5.53. The number of hydrogen-bond acceptors (Lipinski definition) is 5. The molecule has 2 N–H and O–H groups in total. The number of nitrogens with one attached hydrogen (secondary N) is 1. The quantitative estimate of drug-likeness (QED) is 0.817. The fraction of sp³-hybridized carbons (Fsp3) is 0.545. The number of carboxylic acid groups (broad SMARTS) is 1. The van der Waals surface area contributed by atoms with Crippen LogP contribution in [-0.2, 0) is 4.74 Å². The Morgan fingerprint density at radius 2 is 2.35 bits per heavy atom. The van der Waals surface area contributed by atoms with Crippen LogP contribution in [0.5, 0.6) is 0 Å². The first-order valence-corrected chi connectivity index (χ1v) is 5.53. The maximum Gasteiger partial charge on any atom is 0.358 e. The van der Waals surface area contributed by atoms with Crippen LogP contribution in [0.4, 0.5) is 5.82 Å². The zero-order valence-corrected chi connectivity index (χ0v) is 9.64. The molecule has 0 bridgehead atoms. The molecule has 1 atom stereocenters. The summed E-state index contributed by atoms with van der Waals surface area (Å²) >= 11 is 0. The monoisotopic (exact) mass is 237 g/mol. The number of ether oxygens (including phenoxy) is 1. The number of hydrogen-bond donors (Lipinski definition) is 2. The highest BCUT2D eigenvalue weighted by Gasteiger charge is 2.30. The fourth-order valence-electron chi connectivity index (χ4n) is 1.87. The summed E-state index contributed by atoms with van der Waals surface area (Å²) in [7, 11) is 0. The Labute approximate surface area is 99.0 Å². The molecule has 1 fully saturated rings. The van der Waals surface area contributed by atoms with Gasteiger partial charge in [0.25, 0.3) is 0 Å². The van der Waals surface area contributed by atoms with Crippen molar-refractivity contribution in [2.45, 2.75) is 25.4 Å². The lowest BCUT2D eigenvalue weighted by atomic mass is 10.0. The van der Waals surface area contributed by atoms with Gasteiger partial charge in [-0.2, -0.15) is 0 Å². The minimum Gasteiger partial charge on any atom is -0.476 e. The summed E-state index contributed by atoms with van der Waals surface area (Å²) in [5.74, 6) is -0.796. The molecule has 1 aromatic heterocycles. The molecule has 1 unspecified atom stereocenters. The number of anilines is 1. The van der Waals surface area contributed by atoms with Gasteiger partial charge in [0.1, 0.15) is 0 Å². The van der Waals surface area contributed by atoms with Crippen LogP contribution in [-0.4, -0.2) is 39.8 Å². The number of carbonyl (C=O) groups is 1. The van der Waals surface area contributed by atoms with E-state index < -0.39 is 5.97 Å². The van der Waals surface area contributed by atoms with E-state index in [4.69, 9.17) is 9.84 Å². The van der Waals surface area contributed by atoms with E-state index in [0.29, 0.717) is 6.54 Å². The molecule has 2 rings (SSSR count). The topological polar surface area (TPSA) is 84.3 Å². The SMILES string of the molecule is CC1(CNc2nccnc2C(=O)O)CCCO1. The molecule has 0 aromatic carbocycles. The van der Waals surface area contributed by atoms with Gasteiger partial charge in [0.05, 0.1) is 5.60 Å². The minimum atomic E-state index is -1.09. The summed E-state index contributed by atoms with van der Waals surface area (Å²) in [6.07, 6.45) is 4.82. The van der Waals surface area contributed by atoms with Crippen molar-refractivity contribution >= 4 is 11.8 Å². The maximum atomic E-state index is 10.9. The molecule has 92 valence electrons.